The maximum absolute atomic E-state index is 13.0. The van der Waals surface area contributed by atoms with Crippen molar-refractivity contribution in [3.05, 3.63) is 29.3 Å². The molecule has 2 aliphatic rings. The molecule has 3 rings (SSSR count). The van der Waals surface area contributed by atoms with Crippen molar-refractivity contribution in [2.24, 2.45) is 0 Å². The van der Waals surface area contributed by atoms with Crippen molar-refractivity contribution in [1.82, 2.24) is 9.62 Å². The van der Waals surface area contributed by atoms with Gasteiger partial charge in [-0.2, -0.15) is 4.31 Å². The van der Waals surface area contributed by atoms with Crippen molar-refractivity contribution < 1.29 is 22.7 Å². The predicted octanol–water partition coefficient (Wildman–Crippen LogP) is 0.228. The molecule has 1 aromatic carbocycles. The third-order valence-corrected chi connectivity index (χ3v) is 6.45. The van der Waals surface area contributed by atoms with Gasteiger partial charge in [-0.3, -0.25) is 9.59 Å². The van der Waals surface area contributed by atoms with Crippen LogP contribution in [0.1, 0.15) is 24.0 Å². The molecule has 8 heteroatoms. The topological polar surface area (TPSA) is 92.8 Å². The number of nitrogens with zero attached hydrogens (tertiary/aromatic N) is 1. The van der Waals surface area contributed by atoms with Crippen molar-refractivity contribution in [1.29, 1.82) is 0 Å². The zero-order valence-electron chi connectivity index (χ0n) is 13.4. The van der Waals surface area contributed by atoms with E-state index >= 15 is 0 Å². The number of carbonyl (C=O) groups excluding carboxylic acids is 2. The molecule has 0 radical (unpaired) electrons. The number of rotatable bonds is 4. The summed E-state index contributed by atoms with van der Waals surface area (Å²) in [6.07, 6.45) is 2.56. The summed E-state index contributed by atoms with van der Waals surface area (Å²) in [6.45, 7) is 0.355. The summed E-state index contributed by atoms with van der Waals surface area (Å²) in [6, 6.07) is 4.04. The minimum absolute atomic E-state index is 0.132. The maximum atomic E-state index is 13.0. The van der Waals surface area contributed by atoms with Gasteiger partial charge in [0.2, 0.25) is 15.9 Å². The molecule has 0 unspecified atom stereocenters. The summed E-state index contributed by atoms with van der Waals surface area (Å²) in [5.74, 6) is -1.09. The summed E-state index contributed by atoms with van der Waals surface area (Å²) in [7, 11) is -2.64. The molecular formula is C16H20N2O5S. The summed E-state index contributed by atoms with van der Waals surface area (Å²) in [5, 5.41) is 2.60. The molecule has 1 saturated heterocycles. The van der Waals surface area contributed by atoms with Gasteiger partial charge in [0.25, 0.3) is 0 Å². The Morgan fingerprint density at radius 3 is 2.83 bits per heavy atom. The average molecular weight is 352 g/mol. The number of carbonyl (C=O) groups is 2. The van der Waals surface area contributed by atoms with Crippen LogP contribution in [0.5, 0.6) is 0 Å². The van der Waals surface area contributed by atoms with Gasteiger partial charge < -0.3 is 10.1 Å². The first-order chi connectivity index (χ1) is 11.4. The lowest BCUT2D eigenvalue weighted by Crippen LogP contribution is -2.57. The molecule has 1 atom stereocenters. The average Bonchev–Trinajstić information content (AvgIpc) is 3.04. The molecule has 0 aromatic heterocycles. The van der Waals surface area contributed by atoms with E-state index in [9.17, 15) is 18.0 Å². The molecule has 1 aromatic rings. The first-order valence-electron chi connectivity index (χ1n) is 7.91. The summed E-state index contributed by atoms with van der Waals surface area (Å²) in [5.41, 5.74) is 2.22. The van der Waals surface area contributed by atoms with Crippen LogP contribution in [0.3, 0.4) is 0 Å². The molecule has 7 nitrogen and oxygen atoms in total. The highest BCUT2D eigenvalue weighted by Gasteiger charge is 2.40. The molecule has 1 aliphatic heterocycles. The molecule has 1 amide bonds. The van der Waals surface area contributed by atoms with Crippen molar-refractivity contribution in [2.75, 3.05) is 20.2 Å². The van der Waals surface area contributed by atoms with Gasteiger partial charge in [0, 0.05) is 13.1 Å². The number of fused-ring (bicyclic) bond motifs is 1. The van der Waals surface area contributed by atoms with Gasteiger partial charge in [-0.15, -0.1) is 0 Å². The number of amides is 1. The molecule has 0 bridgehead atoms. The van der Waals surface area contributed by atoms with E-state index in [4.69, 9.17) is 0 Å². The number of piperazine rings is 1. The minimum atomic E-state index is -3.85. The summed E-state index contributed by atoms with van der Waals surface area (Å²) < 4.78 is 31.7. The number of aryl methyl sites for hydroxylation is 2. The number of ether oxygens (including phenoxy) is 1. The number of sulfonamides is 1. The number of nitrogens with one attached hydrogen (secondary N) is 1. The number of methoxy groups -OCH3 is 1. The third-order valence-electron chi connectivity index (χ3n) is 4.55. The highest BCUT2D eigenvalue weighted by molar-refractivity contribution is 7.89. The Kier molecular flexibility index (Phi) is 4.60. The molecule has 1 fully saturated rings. The van der Waals surface area contributed by atoms with Crippen LogP contribution >= 0.6 is 0 Å². The summed E-state index contributed by atoms with van der Waals surface area (Å²) in [4.78, 5) is 23.8. The predicted molar refractivity (Wildman–Crippen MR) is 85.8 cm³/mol. The number of esters is 1. The van der Waals surface area contributed by atoms with E-state index in [1.165, 1.54) is 12.7 Å². The van der Waals surface area contributed by atoms with Gasteiger partial charge in [0.05, 0.1) is 18.4 Å². The Labute approximate surface area is 141 Å². The first-order valence-corrected chi connectivity index (χ1v) is 9.35. The van der Waals surface area contributed by atoms with Crippen LogP contribution < -0.4 is 5.32 Å². The van der Waals surface area contributed by atoms with Gasteiger partial charge in [-0.1, -0.05) is 6.07 Å². The van der Waals surface area contributed by atoms with Crippen molar-refractivity contribution in [2.45, 2.75) is 36.6 Å². The van der Waals surface area contributed by atoms with E-state index in [2.05, 4.69) is 10.1 Å². The van der Waals surface area contributed by atoms with E-state index in [0.29, 0.717) is 0 Å². The van der Waals surface area contributed by atoms with Gasteiger partial charge >= 0.3 is 5.97 Å². The van der Waals surface area contributed by atoms with Crippen LogP contribution in [0.15, 0.2) is 23.1 Å². The van der Waals surface area contributed by atoms with Gasteiger partial charge in [0.15, 0.2) is 0 Å². The minimum Gasteiger partial charge on any atom is -0.469 e. The van der Waals surface area contributed by atoms with Crippen molar-refractivity contribution in [3.8, 4) is 0 Å². The van der Waals surface area contributed by atoms with Crippen LogP contribution in [0.2, 0.25) is 0 Å². The second-order valence-corrected chi connectivity index (χ2v) is 7.88. The van der Waals surface area contributed by atoms with Crippen LogP contribution in [-0.4, -0.2) is 50.8 Å². The lowest BCUT2D eigenvalue weighted by molar-refractivity contribution is -0.144. The third kappa shape index (κ3) is 3.03. The van der Waals surface area contributed by atoms with Gasteiger partial charge in [0.1, 0.15) is 6.04 Å². The zero-order chi connectivity index (χ0) is 17.3. The van der Waals surface area contributed by atoms with Crippen LogP contribution in [0, 0.1) is 0 Å². The standard InChI is InChI=1S/C16H20N2O5S/c1-23-15(19)10-14-16(20)17-7-8-18(14)24(21,22)13-6-5-11-3-2-4-12(11)9-13/h5-6,9,14H,2-4,7-8,10H2,1H3,(H,17,20)/t14-/m1/s1. The molecule has 0 spiro atoms. The van der Waals surface area contributed by atoms with Gasteiger partial charge in [-0.25, -0.2) is 8.42 Å². The van der Waals surface area contributed by atoms with E-state index in [-0.39, 0.29) is 24.4 Å². The number of hydrogen-bond acceptors (Lipinski definition) is 5. The van der Waals surface area contributed by atoms with Crippen LogP contribution in [0.4, 0.5) is 0 Å². The molecule has 1 heterocycles. The van der Waals surface area contributed by atoms with E-state index in [1.807, 2.05) is 6.07 Å². The second-order valence-electron chi connectivity index (χ2n) is 5.99. The Balaban J connectivity index is 1.94. The zero-order valence-corrected chi connectivity index (χ0v) is 14.3. The van der Waals surface area contributed by atoms with E-state index in [1.54, 1.807) is 12.1 Å². The lowest BCUT2D eigenvalue weighted by Gasteiger charge is -2.33. The van der Waals surface area contributed by atoms with E-state index < -0.39 is 27.9 Å². The molecule has 0 saturated carbocycles. The fraction of sp³-hybridized carbons (Fsp3) is 0.500. The van der Waals surface area contributed by atoms with E-state index in [0.717, 1.165) is 29.1 Å². The molecule has 24 heavy (non-hydrogen) atoms. The van der Waals surface area contributed by atoms with Gasteiger partial charge in [-0.05, 0) is 42.5 Å². The lowest BCUT2D eigenvalue weighted by atomic mass is 10.1. The fourth-order valence-electron chi connectivity index (χ4n) is 3.26. The smallest absolute Gasteiger partial charge is 0.307 e. The van der Waals surface area contributed by atoms with Crippen LogP contribution in [0.25, 0.3) is 0 Å². The maximum Gasteiger partial charge on any atom is 0.307 e. The normalized spacial score (nSPS) is 21.2. The molecule has 1 N–H and O–H groups in total. The number of hydrogen-bond donors (Lipinski definition) is 1. The highest BCUT2D eigenvalue weighted by Crippen LogP contribution is 2.28. The fourth-order valence-corrected chi connectivity index (χ4v) is 4.90. The first kappa shape index (κ1) is 16.9. The molecule has 130 valence electrons. The van der Waals surface area contributed by atoms with Crippen LogP contribution in [-0.2, 0) is 37.2 Å². The summed E-state index contributed by atoms with van der Waals surface area (Å²) >= 11 is 0. The highest BCUT2D eigenvalue weighted by atomic mass is 32.2. The Hall–Kier alpha value is -1.93. The monoisotopic (exact) mass is 352 g/mol. The Bertz CT molecular complexity index is 775. The second kappa shape index (κ2) is 6.52. The Morgan fingerprint density at radius 1 is 1.33 bits per heavy atom. The largest absolute Gasteiger partial charge is 0.469 e. The number of benzene rings is 1. The SMILES string of the molecule is COC(=O)C[C@@H]1C(=O)NCCN1S(=O)(=O)c1ccc2c(c1)CCC2. The van der Waals surface area contributed by atoms with Crippen molar-refractivity contribution >= 4 is 21.9 Å². The quantitative estimate of drug-likeness (QED) is 0.783. The van der Waals surface area contributed by atoms with Crippen molar-refractivity contribution in [3.63, 3.8) is 0 Å². The Morgan fingerprint density at radius 2 is 2.08 bits per heavy atom. The molecule has 1 aliphatic carbocycles. The molecular weight excluding hydrogens is 332 g/mol.